The molecule has 0 aromatic heterocycles. The van der Waals surface area contributed by atoms with E-state index in [2.05, 4.69) is 39.9 Å². The summed E-state index contributed by atoms with van der Waals surface area (Å²) in [6.07, 6.45) is 1.16. The summed E-state index contributed by atoms with van der Waals surface area (Å²) < 4.78 is 5.09. The molecular weight excluding hydrogens is 174 g/mol. The molecule has 1 N–H and O–H groups in total. The molecule has 0 aliphatic rings. The van der Waals surface area contributed by atoms with Gasteiger partial charge in [0.1, 0.15) is 0 Å². The molecule has 0 spiro atoms. The van der Waals surface area contributed by atoms with Crippen molar-refractivity contribution >= 4 is 0 Å². The zero-order chi connectivity index (χ0) is 11.2. The number of hydrogen-bond acceptors (Lipinski definition) is 2. The molecule has 2 nitrogen and oxygen atoms in total. The van der Waals surface area contributed by atoms with Gasteiger partial charge in [0, 0.05) is 19.3 Å². The Hall–Kier alpha value is -0.0800. The molecule has 0 aromatic carbocycles. The summed E-state index contributed by atoms with van der Waals surface area (Å²) in [6, 6.07) is 0. The van der Waals surface area contributed by atoms with E-state index >= 15 is 0 Å². The van der Waals surface area contributed by atoms with E-state index < -0.39 is 0 Å². The minimum absolute atomic E-state index is 0.231. The highest BCUT2D eigenvalue weighted by Crippen LogP contribution is 2.15. The van der Waals surface area contributed by atoms with Gasteiger partial charge in [-0.3, -0.25) is 0 Å². The van der Waals surface area contributed by atoms with E-state index in [9.17, 15) is 0 Å². The van der Waals surface area contributed by atoms with Crippen LogP contribution in [0, 0.1) is 11.8 Å². The third-order valence-corrected chi connectivity index (χ3v) is 2.70. The lowest BCUT2D eigenvalue weighted by Gasteiger charge is -2.26. The highest BCUT2D eigenvalue weighted by molar-refractivity contribution is 4.73. The molecule has 14 heavy (non-hydrogen) atoms. The molecule has 0 fully saturated rings. The Morgan fingerprint density at radius 1 is 1.14 bits per heavy atom. The fraction of sp³-hybridized carbons (Fsp3) is 1.00. The van der Waals surface area contributed by atoms with Gasteiger partial charge in [-0.25, -0.2) is 0 Å². The summed E-state index contributed by atoms with van der Waals surface area (Å²) in [5.41, 5.74) is 0.231. The van der Waals surface area contributed by atoms with Crippen LogP contribution in [0.3, 0.4) is 0 Å². The average Bonchev–Trinajstić information content (AvgIpc) is 2.09. The van der Waals surface area contributed by atoms with Crippen molar-refractivity contribution in [3.05, 3.63) is 0 Å². The van der Waals surface area contributed by atoms with Gasteiger partial charge in [-0.1, -0.05) is 13.8 Å². The first-order chi connectivity index (χ1) is 6.37. The molecule has 0 saturated carbocycles. The molecule has 2 heteroatoms. The van der Waals surface area contributed by atoms with Crippen LogP contribution < -0.4 is 5.32 Å². The Morgan fingerprint density at radius 2 is 1.71 bits per heavy atom. The third kappa shape index (κ3) is 7.34. The normalized spacial score (nSPS) is 16.7. The van der Waals surface area contributed by atoms with Gasteiger partial charge in [-0.15, -0.1) is 0 Å². The number of hydrogen-bond donors (Lipinski definition) is 1. The Kier molecular flexibility index (Phi) is 6.38. The molecule has 0 aliphatic carbocycles. The molecule has 0 heterocycles. The quantitative estimate of drug-likeness (QED) is 0.713. The van der Waals surface area contributed by atoms with Gasteiger partial charge in [0.05, 0.1) is 0 Å². The Balaban J connectivity index is 3.67. The summed E-state index contributed by atoms with van der Waals surface area (Å²) in [5, 5.41) is 3.54. The number of ether oxygens (including phenoxy) is 1. The highest BCUT2D eigenvalue weighted by Gasteiger charge is 2.15. The van der Waals surface area contributed by atoms with Crippen molar-refractivity contribution in [3.63, 3.8) is 0 Å². The molecule has 0 saturated heterocycles. The summed E-state index contributed by atoms with van der Waals surface area (Å²) in [6.45, 7) is 13.2. The van der Waals surface area contributed by atoms with Gasteiger partial charge in [0.2, 0.25) is 0 Å². The Labute approximate surface area is 89.4 Å². The lowest BCUT2D eigenvalue weighted by Crippen LogP contribution is -2.39. The zero-order valence-corrected chi connectivity index (χ0v) is 10.7. The summed E-state index contributed by atoms with van der Waals surface area (Å²) >= 11 is 0. The Bertz CT molecular complexity index is 140. The first-order valence-corrected chi connectivity index (χ1v) is 5.61. The number of nitrogens with one attached hydrogen (secondary N) is 1. The lowest BCUT2D eigenvalue weighted by molar-refractivity contribution is 0.165. The number of methoxy groups -OCH3 is 1. The second-order valence-corrected chi connectivity index (χ2v) is 5.37. The van der Waals surface area contributed by atoms with Gasteiger partial charge >= 0.3 is 0 Å². The molecule has 2 unspecified atom stereocenters. The van der Waals surface area contributed by atoms with E-state index in [1.165, 1.54) is 0 Å². The van der Waals surface area contributed by atoms with E-state index in [-0.39, 0.29) is 5.54 Å². The fourth-order valence-corrected chi connectivity index (χ4v) is 1.26. The van der Waals surface area contributed by atoms with Gasteiger partial charge < -0.3 is 10.1 Å². The molecule has 0 bridgehead atoms. The van der Waals surface area contributed by atoms with Crippen LogP contribution in [-0.2, 0) is 4.74 Å². The summed E-state index contributed by atoms with van der Waals surface area (Å²) in [7, 11) is 1.77. The maximum Gasteiger partial charge on any atom is 0.0464 e. The minimum atomic E-state index is 0.231. The van der Waals surface area contributed by atoms with Crippen LogP contribution in [0.2, 0.25) is 0 Å². The van der Waals surface area contributed by atoms with Crippen LogP contribution >= 0.6 is 0 Å². The van der Waals surface area contributed by atoms with Crippen LogP contribution in [0.15, 0.2) is 0 Å². The van der Waals surface area contributed by atoms with Crippen molar-refractivity contribution < 1.29 is 4.74 Å². The number of rotatable bonds is 6. The van der Waals surface area contributed by atoms with Gasteiger partial charge in [0.25, 0.3) is 0 Å². The van der Waals surface area contributed by atoms with Crippen molar-refractivity contribution in [1.82, 2.24) is 5.32 Å². The molecule has 0 aliphatic heterocycles. The van der Waals surface area contributed by atoms with Gasteiger partial charge in [-0.05, 0) is 45.6 Å². The second kappa shape index (κ2) is 6.41. The van der Waals surface area contributed by atoms with E-state index in [1.54, 1.807) is 7.11 Å². The molecular formula is C12H27NO. The molecule has 0 aromatic rings. The molecule has 0 amide bonds. The van der Waals surface area contributed by atoms with Crippen molar-refractivity contribution in [1.29, 1.82) is 0 Å². The Morgan fingerprint density at radius 3 is 2.14 bits per heavy atom. The topological polar surface area (TPSA) is 21.3 Å². The van der Waals surface area contributed by atoms with Gasteiger partial charge in [-0.2, -0.15) is 0 Å². The zero-order valence-electron chi connectivity index (χ0n) is 10.7. The minimum Gasteiger partial charge on any atom is -0.385 e. The van der Waals surface area contributed by atoms with Crippen LogP contribution in [0.25, 0.3) is 0 Å². The molecule has 86 valence electrons. The molecule has 0 radical (unpaired) electrons. The summed E-state index contributed by atoms with van der Waals surface area (Å²) in [4.78, 5) is 0. The van der Waals surface area contributed by atoms with E-state index in [1.807, 2.05) is 0 Å². The predicted octanol–water partition coefficient (Wildman–Crippen LogP) is 2.68. The first-order valence-electron chi connectivity index (χ1n) is 5.61. The fourth-order valence-electron chi connectivity index (χ4n) is 1.26. The standard InChI is InChI=1S/C12H27NO/c1-10(7-8-14-6)11(2)9-13-12(3,4)5/h10-11,13H,7-9H2,1-6H3. The lowest BCUT2D eigenvalue weighted by atomic mass is 9.92. The van der Waals surface area contributed by atoms with Crippen molar-refractivity contribution in [2.24, 2.45) is 11.8 Å². The maximum absolute atomic E-state index is 5.09. The monoisotopic (exact) mass is 201 g/mol. The van der Waals surface area contributed by atoms with Crippen molar-refractivity contribution in [3.8, 4) is 0 Å². The van der Waals surface area contributed by atoms with E-state index in [0.29, 0.717) is 5.92 Å². The van der Waals surface area contributed by atoms with Crippen LogP contribution in [-0.4, -0.2) is 25.8 Å². The van der Waals surface area contributed by atoms with Crippen LogP contribution in [0.4, 0.5) is 0 Å². The third-order valence-electron chi connectivity index (χ3n) is 2.70. The van der Waals surface area contributed by atoms with Crippen molar-refractivity contribution in [2.45, 2.75) is 46.6 Å². The predicted molar refractivity (Wildman–Crippen MR) is 62.6 cm³/mol. The first kappa shape index (κ1) is 13.9. The molecule has 2 atom stereocenters. The largest absolute Gasteiger partial charge is 0.385 e. The van der Waals surface area contributed by atoms with Crippen LogP contribution in [0.1, 0.15) is 41.0 Å². The molecule has 0 rings (SSSR count). The van der Waals surface area contributed by atoms with Gasteiger partial charge in [0.15, 0.2) is 0 Å². The summed E-state index contributed by atoms with van der Waals surface area (Å²) in [5.74, 6) is 1.44. The van der Waals surface area contributed by atoms with E-state index in [4.69, 9.17) is 4.74 Å². The van der Waals surface area contributed by atoms with E-state index in [0.717, 1.165) is 25.5 Å². The smallest absolute Gasteiger partial charge is 0.0464 e. The maximum atomic E-state index is 5.09. The second-order valence-electron chi connectivity index (χ2n) is 5.37. The van der Waals surface area contributed by atoms with Crippen LogP contribution in [0.5, 0.6) is 0 Å². The van der Waals surface area contributed by atoms with Crippen molar-refractivity contribution in [2.75, 3.05) is 20.3 Å². The SMILES string of the molecule is COCCC(C)C(C)CNC(C)(C)C. The highest BCUT2D eigenvalue weighted by atomic mass is 16.5. The average molecular weight is 201 g/mol.